The molecule has 0 aliphatic rings. The SMILES string of the molecule is COc1cc(/C=C/C(=O)Nc2ccc(F)c(-n3nnnc3C)c2)cc(Cl)c1OC. The molecule has 2 aromatic carbocycles. The van der Waals surface area contributed by atoms with Crippen LogP contribution in [0.4, 0.5) is 10.1 Å². The van der Waals surface area contributed by atoms with Crippen LogP contribution in [0.3, 0.4) is 0 Å². The van der Waals surface area contributed by atoms with E-state index in [2.05, 4.69) is 20.8 Å². The highest BCUT2D eigenvalue weighted by atomic mass is 35.5. The van der Waals surface area contributed by atoms with Crippen LogP contribution >= 0.6 is 11.6 Å². The van der Waals surface area contributed by atoms with Crippen LogP contribution < -0.4 is 14.8 Å². The number of nitrogens with one attached hydrogen (secondary N) is 1. The van der Waals surface area contributed by atoms with Crippen LogP contribution in [0.1, 0.15) is 11.4 Å². The van der Waals surface area contributed by atoms with E-state index >= 15 is 0 Å². The molecule has 1 heterocycles. The van der Waals surface area contributed by atoms with Crippen molar-refractivity contribution in [2.45, 2.75) is 6.92 Å². The van der Waals surface area contributed by atoms with E-state index in [-0.39, 0.29) is 5.69 Å². The summed E-state index contributed by atoms with van der Waals surface area (Å²) < 4.78 is 25.8. The summed E-state index contributed by atoms with van der Waals surface area (Å²) in [6.07, 6.45) is 2.89. The molecule has 10 heteroatoms. The maximum Gasteiger partial charge on any atom is 0.248 e. The molecule has 150 valence electrons. The third kappa shape index (κ3) is 4.52. The van der Waals surface area contributed by atoms with Gasteiger partial charge in [0.15, 0.2) is 17.3 Å². The number of benzene rings is 2. The predicted octanol–water partition coefficient (Wildman–Crippen LogP) is 3.43. The lowest BCUT2D eigenvalue weighted by atomic mass is 10.2. The molecule has 0 fully saturated rings. The lowest BCUT2D eigenvalue weighted by molar-refractivity contribution is -0.111. The van der Waals surface area contributed by atoms with Crippen molar-refractivity contribution in [3.8, 4) is 17.2 Å². The number of halogens is 2. The molecule has 0 atom stereocenters. The molecule has 1 amide bonds. The smallest absolute Gasteiger partial charge is 0.248 e. The second kappa shape index (κ2) is 8.70. The molecule has 3 rings (SSSR count). The number of anilines is 1. The Balaban J connectivity index is 1.78. The lowest BCUT2D eigenvalue weighted by Gasteiger charge is -2.10. The standard InChI is InChI=1S/C19H17ClFN5O3/c1-11-23-24-25-26(11)16-10-13(5-6-15(16)21)22-18(27)7-4-12-8-14(20)19(29-3)17(9-12)28-2/h4-10H,1-3H3,(H,22,27)/b7-4+. The Morgan fingerprint density at radius 3 is 2.69 bits per heavy atom. The van der Waals surface area contributed by atoms with E-state index in [1.54, 1.807) is 25.1 Å². The molecule has 3 aromatic rings. The Morgan fingerprint density at radius 2 is 2.03 bits per heavy atom. The van der Waals surface area contributed by atoms with Crippen molar-refractivity contribution in [2.75, 3.05) is 19.5 Å². The monoisotopic (exact) mass is 417 g/mol. The number of rotatable bonds is 6. The largest absolute Gasteiger partial charge is 0.493 e. The molecule has 0 spiro atoms. The number of nitrogens with zero attached hydrogens (tertiary/aromatic N) is 4. The number of aryl methyl sites for hydroxylation is 1. The Hall–Kier alpha value is -3.46. The Labute approximate surface area is 170 Å². The first-order valence-corrected chi connectivity index (χ1v) is 8.76. The third-order valence-corrected chi connectivity index (χ3v) is 4.23. The van der Waals surface area contributed by atoms with Gasteiger partial charge in [0.05, 0.1) is 19.2 Å². The van der Waals surface area contributed by atoms with Crippen molar-refractivity contribution in [1.29, 1.82) is 0 Å². The van der Waals surface area contributed by atoms with E-state index in [1.165, 1.54) is 43.2 Å². The van der Waals surface area contributed by atoms with Crippen molar-refractivity contribution in [3.05, 3.63) is 58.6 Å². The summed E-state index contributed by atoms with van der Waals surface area (Å²) in [5.41, 5.74) is 1.16. The van der Waals surface area contributed by atoms with Crippen LogP contribution in [-0.4, -0.2) is 40.3 Å². The van der Waals surface area contributed by atoms with Gasteiger partial charge in [-0.15, -0.1) is 5.10 Å². The Kier molecular flexibility index (Phi) is 6.08. The maximum absolute atomic E-state index is 14.1. The van der Waals surface area contributed by atoms with Crippen LogP contribution in [0, 0.1) is 12.7 Å². The molecular weight excluding hydrogens is 401 g/mol. The van der Waals surface area contributed by atoms with Crippen LogP contribution in [0.5, 0.6) is 11.5 Å². The van der Waals surface area contributed by atoms with Crippen molar-refractivity contribution in [1.82, 2.24) is 20.2 Å². The molecule has 0 radical (unpaired) electrons. The van der Waals surface area contributed by atoms with E-state index in [1.807, 2.05) is 0 Å². The number of ether oxygens (including phenoxy) is 2. The molecule has 1 aromatic heterocycles. The van der Waals surface area contributed by atoms with Gasteiger partial charge in [-0.25, -0.2) is 4.39 Å². The van der Waals surface area contributed by atoms with Gasteiger partial charge < -0.3 is 14.8 Å². The highest BCUT2D eigenvalue weighted by Gasteiger charge is 2.12. The summed E-state index contributed by atoms with van der Waals surface area (Å²) in [4.78, 5) is 12.3. The van der Waals surface area contributed by atoms with Gasteiger partial charge in [0.2, 0.25) is 5.91 Å². The first kappa shape index (κ1) is 20.3. The van der Waals surface area contributed by atoms with Gasteiger partial charge in [-0.05, 0) is 59.3 Å². The van der Waals surface area contributed by atoms with Crippen molar-refractivity contribution >= 4 is 29.3 Å². The summed E-state index contributed by atoms with van der Waals surface area (Å²) >= 11 is 6.16. The van der Waals surface area contributed by atoms with Gasteiger partial charge in [-0.1, -0.05) is 11.6 Å². The summed E-state index contributed by atoms with van der Waals surface area (Å²) in [7, 11) is 2.98. The zero-order valence-corrected chi connectivity index (χ0v) is 16.6. The fraction of sp³-hybridized carbons (Fsp3) is 0.158. The van der Waals surface area contributed by atoms with E-state index in [4.69, 9.17) is 21.1 Å². The minimum absolute atomic E-state index is 0.126. The molecule has 0 unspecified atom stereocenters. The van der Waals surface area contributed by atoms with Gasteiger partial charge in [-0.2, -0.15) is 4.68 Å². The van der Waals surface area contributed by atoms with Crippen LogP contribution in [-0.2, 0) is 4.79 Å². The summed E-state index contributed by atoms with van der Waals surface area (Å²) in [5, 5.41) is 14.0. The minimum Gasteiger partial charge on any atom is -0.493 e. The molecule has 0 aliphatic carbocycles. The molecular formula is C19H17ClFN5O3. The summed E-state index contributed by atoms with van der Waals surface area (Å²) in [6, 6.07) is 7.44. The molecule has 0 saturated carbocycles. The van der Waals surface area contributed by atoms with Gasteiger partial charge in [-0.3, -0.25) is 4.79 Å². The summed E-state index contributed by atoms with van der Waals surface area (Å²) in [5.74, 6) is 0.334. The van der Waals surface area contributed by atoms with Crippen LogP contribution in [0.25, 0.3) is 11.8 Å². The van der Waals surface area contributed by atoms with Gasteiger partial charge >= 0.3 is 0 Å². The fourth-order valence-electron chi connectivity index (χ4n) is 2.60. The second-order valence-corrected chi connectivity index (χ2v) is 6.27. The van der Waals surface area contributed by atoms with Gasteiger partial charge in [0.1, 0.15) is 11.5 Å². The number of carbonyl (C=O) groups is 1. The lowest BCUT2D eigenvalue weighted by Crippen LogP contribution is -2.09. The number of tetrazole rings is 1. The first-order valence-electron chi connectivity index (χ1n) is 8.38. The first-order chi connectivity index (χ1) is 13.9. The van der Waals surface area contributed by atoms with E-state index in [0.717, 1.165) is 0 Å². The zero-order chi connectivity index (χ0) is 21.0. The highest BCUT2D eigenvalue weighted by Crippen LogP contribution is 2.36. The molecule has 8 nitrogen and oxygen atoms in total. The van der Waals surface area contributed by atoms with Crippen molar-refractivity contribution < 1.29 is 18.7 Å². The molecule has 0 saturated heterocycles. The molecule has 0 bridgehead atoms. The third-order valence-electron chi connectivity index (χ3n) is 3.95. The molecule has 1 N–H and O–H groups in total. The van der Waals surface area contributed by atoms with Crippen molar-refractivity contribution in [2.24, 2.45) is 0 Å². The number of carbonyl (C=O) groups excluding carboxylic acids is 1. The van der Waals surface area contributed by atoms with E-state index in [0.29, 0.717) is 33.6 Å². The Morgan fingerprint density at radius 1 is 1.24 bits per heavy atom. The van der Waals surface area contributed by atoms with E-state index in [9.17, 15) is 9.18 Å². The number of aromatic nitrogens is 4. The highest BCUT2D eigenvalue weighted by molar-refractivity contribution is 6.32. The normalized spacial score (nSPS) is 10.9. The quantitative estimate of drug-likeness (QED) is 0.618. The second-order valence-electron chi connectivity index (χ2n) is 5.86. The van der Waals surface area contributed by atoms with Crippen molar-refractivity contribution in [3.63, 3.8) is 0 Å². The topological polar surface area (TPSA) is 91.2 Å². The van der Waals surface area contributed by atoms with E-state index < -0.39 is 11.7 Å². The minimum atomic E-state index is -0.520. The predicted molar refractivity (Wildman–Crippen MR) is 106 cm³/mol. The molecule has 29 heavy (non-hydrogen) atoms. The average Bonchev–Trinajstić information content (AvgIpc) is 3.13. The maximum atomic E-state index is 14.1. The summed E-state index contributed by atoms with van der Waals surface area (Å²) in [6.45, 7) is 1.64. The van der Waals surface area contributed by atoms with Gasteiger partial charge in [0.25, 0.3) is 0 Å². The van der Waals surface area contributed by atoms with Crippen LogP contribution in [0.15, 0.2) is 36.4 Å². The Bertz CT molecular complexity index is 1080. The van der Waals surface area contributed by atoms with Crippen LogP contribution in [0.2, 0.25) is 5.02 Å². The number of amides is 1. The average molecular weight is 418 g/mol. The fourth-order valence-corrected chi connectivity index (χ4v) is 2.89. The molecule has 0 aliphatic heterocycles. The number of hydrogen-bond acceptors (Lipinski definition) is 6. The number of hydrogen-bond donors (Lipinski definition) is 1. The van der Waals surface area contributed by atoms with Gasteiger partial charge in [0, 0.05) is 11.8 Å². The number of methoxy groups -OCH3 is 2. The zero-order valence-electron chi connectivity index (χ0n) is 15.8.